The average Bonchev–Trinajstić information content (AvgIpc) is 2.37. The van der Waals surface area contributed by atoms with Crippen molar-refractivity contribution in [3.05, 3.63) is 48.0 Å². The summed E-state index contributed by atoms with van der Waals surface area (Å²) < 4.78 is 0. The Kier molecular flexibility index (Phi) is 2.76. The molecule has 0 unspecified atom stereocenters. The van der Waals surface area contributed by atoms with Crippen LogP contribution in [0.2, 0.25) is 0 Å². The van der Waals surface area contributed by atoms with Gasteiger partial charge in [0.2, 0.25) is 0 Å². The maximum Gasteiger partial charge on any atom is 0.253 e. The minimum absolute atomic E-state index is 0.0606. The Bertz CT molecular complexity index is 588. The SMILES string of the molecule is O=C(c1ccc2ccccc2c1)N1CC(CO)C1. The van der Waals surface area contributed by atoms with Crippen molar-refractivity contribution >= 4 is 16.7 Å². The molecule has 0 atom stereocenters. The monoisotopic (exact) mass is 241 g/mol. The first-order chi connectivity index (χ1) is 8.78. The van der Waals surface area contributed by atoms with Gasteiger partial charge in [0.25, 0.3) is 5.91 Å². The van der Waals surface area contributed by atoms with E-state index in [0.717, 1.165) is 16.3 Å². The molecule has 1 aliphatic heterocycles. The minimum Gasteiger partial charge on any atom is -0.396 e. The zero-order chi connectivity index (χ0) is 12.5. The molecule has 0 radical (unpaired) electrons. The number of aliphatic hydroxyl groups is 1. The van der Waals surface area contributed by atoms with Crippen LogP contribution in [0.5, 0.6) is 0 Å². The molecule has 0 aliphatic carbocycles. The highest BCUT2D eigenvalue weighted by Gasteiger charge is 2.30. The number of aliphatic hydroxyl groups excluding tert-OH is 1. The molecule has 3 heteroatoms. The summed E-state index contributed by atoms with van der Waals surface area (Å²) in [6.45, 7) is 1.51. The Hall–Kier alpha value is -1.87. The van der Waals surface area contributed by atoms with Crippen LogP contribution in [0.3, 0.4) is 0 Å². The lowest BCUT2D eigenvalue weighted by Gasteiger charge is -2.38. The first-order valence-corrected chi connectivity index (χ1v) is 6.17. The molecular formula is C15H15NO2. The first-order valence-electron chi connectivity index (χ1n) is 6.17. The van der Waals surface area contributed by atoms with Gasteiger partial charge in [-0.1, -0.05) is 30.3 Å². The van der Waals surface area contributed by atoms with Crippen LogP contribution in [0.25, 0.3) is 10.8 Å². The third kappa shape index (κ3) is 1.87. The van der Waals surface area contributed by atoms with Crippen LogP contribution in [0.4, 0.5) is 0 Å². The average molecular weight is 241 g/mol. The Morgan fingerprint density at radius 3 is 2.61 bits per heavy atom. The van der Waals surface area contributed by atoms with Crippen LogP contribution in [0, 0.1) is 5.92 Å². The van der Waals surface area contributed by atoms with Gasteiger partial charge >= 0.3 is 0 Å². The van der Waals surface area contributed by atoms with Crippen LogP contribution in [0.1, 0.15) is 10.4 Å². The zero-order valence-electron chi connectivity index (χ0n) is 10.0. The molecule has 18 heavy (non-hydrogen) atoms. The number of likely N-dealkylation sites (tertiary alicyclic amines) is 1. The lowest BCUT2D eigenvalue weighted by atomic mass is 9.99. The Morgan fingerprint density at radius 1 is 1.17 bits per heavy atom. The fraction of sp³-hybridized carbons (Fsp3) is 0.267. The Morgan fingerprint density at radius 2 is 1.89 bits per heavy atom. The van der Waals surface area contributed by atoms with Crippen LogP contribution in [-0.2, 0) is 0 Å². The van der Waals surface area contributed by atoms with Crippen molar-refractivity contribution in [2.45, 2.75) is 0 Å². The third-order valence-electron chi connectivity index (χ3n) is 3.50. The van der Waals surface area contributed by atoms with Gasteiger partial charge in [0.05, 0.1) is 0 Å². The number of rotatable bonds is 2. The molecule has 92 valence electrons. The number of carbonyl (C=O) groups excluding carboxylic acids is 1. The fourth-order valence-electron chi connectivity index (χ4n) is 2.36. The van der Waals surface area contributed by atoms with E-state index in [1.807, 2.05) is 42.5 Å². The van der Waals surface area contributed by atoms with Crippen molar-refractivity contribution in [2.75, 3.05) is 19.7 Å². The van der Waals surface area contributed by atoms with Gasteiger partial charge in [0.1, 0.15) is 0 Å². The van der Waals surface area contributed by atoms with E-state index in [0.29, 0.717) is 13.1 Å². The normalized spacial score (nSPS) is 15.7. The molecule has 0 saturated carbocycles. The van der Waals surface area contributed by atoms with E-state index in [-0.39, 0.29) is 18.4 Å². The number of nitrogens with zero attached hydrogens (tertiary/aromatic N) is 1. The van der Waals surface area contributed by atoms with Crippen molar-refractivity contribution in [1.82, 2.24) is 4.90 Å². The highest BCUT2D eigenvalue weighted by molar-refractivity contribution is 5.98. The number of fused-ring (bicyclic) bond motifs is 1. The molecule has 1 N–H and O–H groups in total. The summed E-state index contributed by atoms with van der Waals surface area (Å²) in [6, 6.07) is 13.8. The first kappa shape index (κ1) is 11.2. The highest BCUT2D eigenvalue weighted by atomic mass is 16.3. The van der Waals surface area contributed by atoms with Crippen molar-refractivity contribution < 1.29 is 9.90 Å². The third-order valence-corrected chi connectivity index (χ3v) is 3.50. The van der Waals surface area contributed by atoms with Gasteiger partial charge < -0.3 is 10.0 Å². The zero-order valence-corrected chi connectivity index (χ0v) is 10.0. The topological polar surface area (TPSA) is 40.5 Å². The quantitative estimate of drug-likeness (QED) is 0.872. The van der Waals surface area contributed by atoms with E-state index >= 15 is 0 Å². The summed E-state index contributed by atoms with van der Waals surface area (Å²) in [6.07, 6.45) is 0. The smallest absolute Gasteiger partial charge is 0.253 e. The standard InChI is InChI=1S/C15H15NO2/c17-10-11-8-16(9-11)15(18)14-6-5-12-3-1-2-4-13(12)7-14/h1-7,11,17H,8-10H2. The highest BCUT2D eigenvalue weighted by Crippen LogP contribution is 2.21. The summed E-state index contributed by atoms with van der Waals surface area (Å²) in [5, 5.41) is 11.2. The van der Waals surface area contributed by atoms with Crippen LogP contribution in [0.15, 0.2) is 42.5 Å². The van der Waals surface area contributed by atoms with E-state index in [9.17, 15) is 4.79 Å². The Balaban J connectivity index is 1.84. The van der Waals surface area contributed by atoms with E-state index < -0.39 is 0 Å². The van der Waals surface area contributed by atoms with Gasteiger partial charge in [-0.25, -0.2) is 0 Å². The van der Waals surface area contributed by atoms with Crippen molar-refractivity contribution in [3.63, 3.8) is 0 Å². The summed E-state index contributed by atoms with van der Waals surface area (Å²) >= 11 is 0. The number of amides is 1. The molecule has 0 aromatic heterocycles. The molecule has 3 rings (SSSR count). The number of hydrogen-bond acceptors (Lipinski definition) is 2. The second kappa shape index (κ2) is 4.42. The summed E-state index contributed by atoms with van der Waals surface area (Å²) in [4.78, 5) is 14.0. The van der Waals surface area contributed by atoms with E-state index in [2.05, 4.69) is 0 Å². The Labute approximate surface area is 106 Å². The molecule has 1 heterocycles. The largest absolute Gasteiger partial charge is 0.396 e. The van der Waals surface area contributed by atoms with Crippen LogP contribution >= 0.6 is 0 Å². The summed E-state index contributed by atoms with van der Waals surface area (Å²) in [5.41, 5.74) is 0.727. The number of carbonyl (C=O) groups is 1. The molecule has 0 spiro atoms. The maximum atomic E-state index is 12.2. The van der Waals surface area contributed by atoms with Gasteiger partial charge in [-0.05, 0) is 22.9 Å². The molecule has 0 bridgehead atoms. The predicted molar refractivity (Wildman–Crippen MR) is 70.4 cm³/mol. The van der Waals surface area contributed by atoms with Gasteiger partial charge in [-0.2, -0.15) is 0 Å². The lowest BCUT2D eigenvalue weighted by Crippen LogP contribution is -2.51. The van der Waals surface area contributed by atoms with Crippen molar-refractivity contribution in [3.8, 4) is 0 Å². The van der Waals surface area contributed by atoms with E-state index in [1.54, 1.807) is 4.90 Å². The van der Waals surface area contributed by atoms with Gasteiger partial charge in [0, 0.05) is 31.2 Å². The lowest BCUT2D eigenvalue weighted by molar-refractivity contribution is 0.0362. The second-order valence-corrected chi connectivity index (χ2v) is 4.82. The van der Waals surface area contributed by atoms with E-state index in [1.165, 1.54) is 0 Å². The predicted octanol–water partition coefficient (Wildman–Crippen LogP) is 1.90. The van der Waals surface area contributed by atoms with Crippen molar-refractivity contribution in [2.24, 2.45) is 5.92 Å². The molecule has 1 fully saturated rings. The second-order valence-electron chi connectivity index (χ2n) is 4.82. The molecule has 1 amide bonds. The van der Waals surface area contributed by atoms with Crippen molar-refractivity contribution in [1.29, 1.82) is 0 Å². The molecule has 3 nitrogen and oxygen atoms in total. The molecule has 1 saturated heterocycles. The molecule has 2 aromatic carbocycles. The molecule has 1 aliphatic rings. The summed E-state index contributed by atoms with van der Waals surface area (Å²) in [7, 11) is 0. The minimum atomic E-state index is 0.0606. The van der Waals surface area contributed by atoms with Gasteiger partial charge in [0.15, 0.2) is 0 Å². The van der Waals surface area contributed by atoms with Crippen LogP contribution < -0.4 is 0 Å². The fourth-order valence-corrected chi connectivity index (χ4v) is 2.36. The van der Waals surface area contributed by atoms with Gasteiger partial charge in [-0.3, -0.25) is 4.79 Å². The summed E-state index contributed by atoms with van der Waals surface area (Å²) in [5.74, 6) is 0.319. The maximum absolute atomic E-state index is 12.2. The molecule has 2 aromatic rings. The number of hydrogen-bond donors (Lipinski definition) is 1. The van der Waals surface area contributed by atoms with E-state index in [4.69, 9.17) is 5.11 Å². The van der Waals surface area contributed by atoms with Crippen LogP contribution in [-0.4, -0.2) is 35.6 Å². The number of benzene rings is 2. The molecular weight excluding hydrogens is 226 g/mol. The van der Waals surface area contributed by atoms with Gasteiger partial charge in [-0.15, -0.1) is 0 Å².